The first-order valence-corrected chi connectivity index (χ1v) is 7.06. The van der Waals surface area contributed by atoms with Crippen LogP contribution in [0.1, 0.15) is 16.1 Å². The average Bonchev–Trinajstić information content (AvgIpc) is 3.00. The van der Waals surface area contributed by atoms with Crippen LogP contribution in [0.15, 0.2) is 48.7 Å². The predicted molar refractivity (Wildman–Crippen MR) is 86.0 cm³/mol. The van der Waals surface area contributed by atoms with Crippen molar-refractivity contribution in [2.75, 3.05) is 5.32 Å². The molecule has 0 bridgehead atoms. The number of aromatic nitrogens is 3. The Hall–Kier alpha value is -2.66. The molecule has 3 aromatic rings. The SMILES string of the molecule is Cc1cccnc1NC(=O)c1cc(-c2ccccc2Cl)n[nH]1. The van der Waals surface area contributed by atoms with Crippen LogP contribution in [0.2, 0.25) is 5.02 Å². The van der Waals surface area contributed by atoms with E-state index in [0.29, 0.717) is 22.2 Å². The Morgan fingerprint density at radius 3 is 2.82 bits per heavy atom. The lowest BCUT2D eigenvalue weighted by Gasteiger charge is -2.04. The molecule has 0 aliphatic rings. The summed E-state index contributed by atoms with van der Waals surface area (Å²) in [5, 5.41) is 10.2. The minimum absolute atomic E-state index is 0.299. The smallest absolute Gasteiger partial charge is 0.274 e. The van der Waals surface area contributed by atoms with Crippen LogP contribution in [-0.2, 0) is 0 Å². The summed E-state index contributed by atoms with van der Waals surface area (Å²) in [6, 6.07) is 12.7. The Kier molecular flexibility index (Phi) is 3.89. The topological polar surface area (TPSA) is 70.7 Å². The number of pyridine rings is 1. The fraction of sp³-hybridized carbons (Fsp3) is 0.0625. The standard InChI is InChI=1S/C16H13ClN4O/c1-10-5-4-8-18-15(10)19-16(22)14-9-13(20-21-14)11-6-2-3-7-12(11)17/h2-9H,1H3,(H,20,21)(H,18,19,22). The van der Waals surface area contributed by atoms with E-state index in [2.05, 4.69) is 20.5 Å². The predicted octanol–water partition coefficient (Wildman–Crippen LogP) is 3.69. The van der Waals surface area contributed by atoms with E-state index in [1.165, 1.54) is 0 Å². The average molecular weight is 313 g/mol. The first kappa shape index (κ1) is 14.3. The van der Waals surface area contributed by atoms with E-state index < -0.39 is 0 Å². The minimum Gasteiger partial charge on any atom is -0.305 e. The van der Waals surface area contributed by atoms with Gasteiger partial charge in [0.25, 0.3) is 5.91 Å². The number of aromatic amines is 1. The van der Waals surface area contributed by atoms with Gasteiger partial charge < -0.3 is 5.32 Å². The van der Waals surface area contributed by atoms with Crippen molar-refractivity contribution in [2.24, 2.45) is 0 Å². The molecular weight excluding hydrogens is 300 g/mol. The fourth-order valence-electron chi connectivity index (χ4n) is 2.04. The van der Waals surface area contributed by atoms with Gasteiger partial charge in [0.2, 0.25) is 0 Å². The molecule has 0 saturated heterocycles. The van der Waals surface area contributed by atoms with Crippen molar-refractivity contribution in [1.29, 1.82) is 0 Å². The molecule has 2 N–H and O–H groups in total. The number of amides is 1. The van der Waals surface area contributed by atoms with Crippen LogP contribution >= 0.6 is 11.6 Å². The third-order valence-corrected chi connectivity index (χ3v) is 3.54. The molecule has 2 heterocycles. The number of H-pyrrole nitrogens is 1. The van der Waals surface area contributed by atoms with Crippen molar-refractivity contribution < 1.29 is 4.79 Å². The molecule has 1 amide bonds. The number of aryl methyl sites for hydroxylation is 1. The summed E-state index contributed by atoms with van der Waals surface area (Å²) in [7, 11) is 0. The van der Waals surface area contributed by atoms with Gasteiger partial charge in [-0.25, -0.2) is 4.98 Å². The van der Waals surface area contributed by atoms with Gasteiger partial charge in [-0.15, -0.1) is 0 Å². The first-order valence-electron chi connectivity index (χ1n) is 6.68. The number of carbonyl (C=O) groups is 1. The molecule has 0 radical (unpaired) electrons. The number of nitrogens with zero attached hydrogens (tertiary/aromatic N) is 2. The van der Waals surface area contributed by atoms with Gasteiger partial charge in [-0.2, -0.15) is 5.10 Å². The van der Waals surface area contributed by atoms with Crippen molar-refractivity contribution in [3.8, 4) is 11.3 Å². The maximum atomic E-state index is 12.2. The van der Waals surface area contributed by atoms with Gasteiger partial charge >= 0.3 is 0 Å². The van der Waals surface area contributed by atoms with Crippen LogP contribution in [-0.4, -0.2) is 21.1 Å². The molecule has 0 aliphatic heterocycles. The Bertz CT molecular complexity index is 828. The van der Waals surface area contributed by atoms with Crippen molar-refractivity contribution in [1.82, 2.24) is 15.2 Å². The van der Waals surface area contributed by atoms with E-state index in [4.69, 9.17) is 11.6 Å². The van der Waals surface area contributed by atoms with E-state index in [9.17, 15) is 4.79 Å². The van der Waals surface area contributed by atoms with Gasteiger partial charge in [0, 0.05) is 11.8 Å². The second-order valence-corrected chi connectivity index (χ2v) is 5.18. The van der Waals surface area contributed by atoms with E-state index in [1.54, 1.807) is 18.3 Å². The summed E-state index contributed by atoms with van der Waals surface area (Å²) >= 11 is 6.13. The molecule has 0 atom stereocenters. The van der Waals surface area contributed by atoms with Crippen LogP contribution in [0, 0.1) is 6.92 Å². The number of hydrogen-bond donors (Lipinski definition) is 2. The zero-order chi connectivity index (χ0) is 15.5. The molecule has 5 nitrogen and oxygen atoms in total. The van der Waals surface area contributed by atoms with E-state index in [-0.39, 0.29) is 5.91 Å². The number of anilines is 1. The number of rotatable bonds is 3. The molecule has 3 rings (SSSR count). The lowest BCUT2D eigenvalue weighted by molar-refractivity contribution is 0.102. The summed E-state index contributed by atoms with van der Waals surface area (Å²) in [5.41, 5.74) is 2.63. The van der Waals surface area contributed by atoms with Gasteiger partial charge in [-0.05, 0) is 30.7 Å². The van der Waals surface area contributed by atoms with Crippen LogP contribution < -0.4 is 5.32 Å². The lowest BCUT2D eigenvalue weighted by Crippen LogP contribution is -2.14. The molecule has 0 fully saturated rings. The Morgan fingerprint density at radius 2 is 2.05 bits per heavy atom. The maximum Gasteiger partial charge on any atom is 0.274 e. The van der Waals surface area contributed by atoms with Crippen molar-refractivity contribution in [2.45, 2.75) is 6.92 Å². The van der Waals surface area contributed by atoms with Crippen molar-refractivity contribution in [3.05, 3.63) is 64.9 Å². The highest BCUT2D eigenvalue weighted by Gasteiger charge is 2.13. The highest BCUT2D eigenvalue weighted by atomic mass is 35.5. The van der Waals surface area contributed by atoms with Crippen LogP contribution in [0.3, 0.4) is 0 Å². The highest BCUT2D eigenvalue weighted by molar-refractivity contribution is 6.33. The van der Waals surface area contributed by atoms with Crippen LogP contribution in [0.5, 0.6) is 0 Å². The van der Waals surface area contributed by atoms with Gasteiger partial charge in [0.05, 0.1) is 10.7 Å². The molecule has 0 saturated carbocycles. The highest BCUT2D eigenvalue weighted by Crippen LogP contribution is 2.26. The van der Waals surface area contributed by atoms with E-state index in [1.807, 2.05) is 37.3 Å². The molecular formula is C16H13ClN4O. The Morgan fingerprint density at radius 1 is 1.23 bits per heavy atom. The Labute approximate surface area is 132 Å². The summed E-state index contributed by atoms with van der Waals surface area (Å²) in [6.07, 6.45) is 1.63. The molecule has 110 valence electrons. The fourth-order valence-corrected chi connectivity index (χ4v) is 2.27. The second-order valence-electron chi connectivity index (χ2n) is 4.77. The van der Waals surface area contributed by atoms with Gasteiger partial charge in [-0.1, -0.05) is 35.9 Å². The van der Waals surface area contributed by atoms with E-state index in [0.717, 1.165) is 11.1 Å². The molecule has 0 spiro atoms. The summed E-state index contributed by atoms with van der Waals surface area (Å²) in [6.45, 7) is 1.88. The summed E-state index contributed by atoms with van der Waals surface area (Å²) < 4.78 is 0. The molecule has 1 aromatic carbocycles. The minimum atomic E-state index is -0.299. The van der Waals surface area contributed by atoms with Crippen LogP contribution in [0.4, 0.5) is 5.82 Å². The number of halogens is 1. The van der Waals surface area contributed by atoms with Gasteiger partial charge in [0.1, 0.15) is 11.5 Å². The zero-order valence-electron chi connectivity index (χ0n) is 11.8. The van der Waals surface area contributed by atoms with E-state index >= 15 is 0 Å². The molecule has 0 aliphatic carbocycles. The number of hydrogen-bond acceptors (Lipinski definition) is 3. The lowest BCUT2D eigenvalue weighted by atomic mass is 10.1. The van der Waals surface area contributed by atoms with Crippen LogP contribution in [0.25, 0.3) is 11.3 Å². The number of carbonyl (C=O) groups excluding carboxylic acids is 1. The first-order chi connectivity index (χ1) is 10.6. The maximum absolute atomic E-state index is 12.2. The van der Waals surface area contributed by atoms with Crippen molar-refractivity contribution >= 4 is 23.3 Å². The third kappa shape index (κ3) is 2.84. The quantitative estimate of drug-likeness (QED) is 0.775. The molecule has 2 aromatic heterocycles. The van der Waals surface area contributed by atoms with Crippen molar-refractivity contribution in [3.63, 3.8) is 0 Å². The summed E-state index contributed by atoms with van der Waals surface area (Å²) in [5.74, 6) is 0.231. The van der Waals surface area contributed by atoms with Gasteiger partial charge in [0.15, 0.2) is 0 Å². The number of benzene rings is 1. The largest absolute Gasteiger partial charge is 0.305 e. The second kappa shape index (κ2) is 5.99. The molecule has 0 unspecified atom stereocenters. The van der Waals surface area contributed by atoms with Gasteiger partial charge in [-0.3, -0.25) is 9.89 Å². The molecule has 22 heavy (non-hydrogen) atoms. The monoisotopic (exact) mass is 312 g/mol. The third-order valence-electron chi connectivity index (χ3n) is 3.21. The summed E-state index contributed by atoms with van der Waals surface area (Å²) in [4.78, 5) is 16.4. The Balaban J connectivity index is 1.84. The number of nitrogens with one attached hydrogen (secondary N) is 2. The zero-order valence-corrected chi connectivity index (χ0v) is 12.6. The molecule has 6 heteroatoms. The normalized spacial score (nSPS) is 10.5.